The van der Waals surface area contributed by atoms with Gasteiger partial charge in [-0.3, -0.25) is 14.9 Å². The molecule has 6 nitrogen and oxygen atoms in total. The lowest BCUT2D eigenvalue weighted by Crippen LogP contribution is -2.51. The highest BCUT2D eigenvalue weighted by atomic mass is 19.4. The fourth-order valence-electron chi connectivity index (χ4n) is 4.32. The van der Waals surface area contributed by atoms with E-state index in [1.54, 1.807) is 0 Å². The van der Waals surface area contributed by atoms with Crippen molar-refractivity contribution in [3.63, 3.8) is 0 Å². The van der Waals surface area contributed by atoms with Crippen LogP contribution in [-0.4, -0.2) is 29.9 Å². The number of benzene rings is 1. The highest BCUT2D eigenvalue weighted by Crippen LogP contribution is 2.43. The topological polar surface area (TPSA) is 87.3 Å². The van der Waals surface area contributed by atoms with E-state index in [0.29, 0.717) is 18.4 Å². The first-order chi connectivity index (χ1) is 14.2. The molecule has 3 N–H and O–H groups in total. The van der Waals surface area contributed by atoms with Gasteiger partial charge in [-0.25, -0.2) is 4.79 Å². The third-order valence-electron chi connectivity index (χ3n) is 6.33. The van der Waals surface area contributed by atoms with Crippen LogP contribution in [0.5, 0.6) is 0 Å². The minimum Gasteiger partial charge on any atom is -0.356 e. The van der Waals surface area contributed by atoms with Gasteiger partial charge >= 0.3 is 12.2 Å². The number of urea groups is 1. The second-order valence-corrected chi connectivity index (χ2v) is 8.54. The van der Waals surface area contributed by atoms with E-state index in [2.05, 4.69) is 16.0 Å². The van der Waals surface area contributed by atoms with Gasteiger partial charge in [-0.1, -0.05) is 12.1 Å². The molecule has 2 aliphatic carbocycles. The summed E-state index contributed by atoms with van der Waals surface area (Å²) in [7, 11) is 0. The van der Waals surface area contributed by atoms with Crippen LogP contribution in [0.15, 0.2) is 24.3 Å². The minimum absolute atomic E-state index is 0.0900. The van der Waals surface area contributed by atoms with Gasteiger partial charge in [0.25, 0.3) is 5.91 Å². The van der Waals surface area contributed by atoms with Crippen molar-refractivity contribution in [3.8, 4) is 0 Å². The Morgan fingerprint density at radius 2 is 1.80 bits per heavy atom. The summed E-state index contributed by atoms with van der Waals surface area (Å²) in [4.78, 5) is 36.6. The van der Waals surface area contributed by atoms with Gasteiger partial charge in [0.1, 0.15) is 5.54 Å². The second kappa shape index (κ2) is 7.59. The Hall–Kier alpha value is -2.58. The molecule has 1 aromatic rings. The molecule has 0 radical (unpaired) electrons. The molecule has 3 aliphatic rings. The number of hydrogen-bond donors (Lipinski definition) is 3. The van der Waals surface area contributed by atoms with Gasteiger partial charge in [0.15, 0.2) is 0 Å². The highest BCUT2D eigenvalue weighted by Gasteiger charge is 2.55. The predicted molar refractivity (Wildman–Crippen MR) is 101 cm³/mol. The van der Waals surface area contributed by atoms with Gasteiger partial charge in [-0.15, -0.1) is 0 Å². The number of nitrogens with one attached hydrogen (secondary N) is 3. The second-order valence-electron chi connectivity index (χ2n) is 8.54. The first-order valence-electron chi connectivity index (χ1n) is 10.3. The molecule has 0 bridgehead atoms. The van der Waals surface area contributed by atoms with Crippen LogP contribution in [0.1, 0.15) is 43.2 Å². The molecule has 0 aromatic heterocycles. The van der Waals surface area contributed by atoms with Crippen LogP contribution in [0.4, 0.5) is 18.0 Å². The molecule has 1 heterocycles. The summed E-state index contributed by atoms with van der Waals surface area (Å²) in [6, 6.07) is 4.42. The Morgan fingerprint density at radius 3 is 2.30 bits per heavy atom. The van der Waals surface area contributed by atoms with Gasteiger partial charge in [0.05, 0.1) is 5.56 Å². The summed E-state index contributed by atoms with van der Waals surface area (Å²) in [5.41, 5.74) is -0.972. The standard InChI is InChI=1S/C21H24F3N3O3/c22-21(23,24)15-5-1-12(2-6-15)11-16(13-3-4-13)17(28)25-10-9-20(14-7-8-14)18(29)26-19(30)27-20/h1-2,5-6,13-14,16H,3-4,7-11H2,(H,25,28)(H2,26,27,29,30). The molecule has 0 spiro atoms. The van der Waals surface area contributed by atoms with Crippen LogP contribution in [0, 0.1) is 17.8 Å². The summed E-state index contributed by atoms with van der Waals surface area (Å²) >= 11 is 0. The lowest BCUT2D eigenvalue weighted by Gasteiger charge is -2.26. The van der Waals surface area contributed by atoms with Gasteiger partial charge < -0.3 is 10.6 Å². The molecule has 2 unspecified atom stereocenters. The monoisotopic (exact) mass is 423 g/mol. The number of amides is 4. The van der Waals surface area contributed by atoms with E-state index < -0.39 is 23.3 Å². The maximum absolute atomic E-state index is 12.8. The van der Waals surface area contributed by atoms with Gasteiger partial charge in [-0.2, -0.15) is 13.2 Å². The van der Waals surface area contributed by atoms with E-state index >= 15 is 0 Å². The first kappa shape index (κ1) is 20.7. The van der Waals surface area contributed by atoms with Crippen LogP contribution >= 0.6 is 0 Å². The number of halogens is 3. The molecule has 2 saturated carbocycles. The molecule has 1 aromatic carbocycles. The summed E-state index contributed by atoms with van der Waals surface area (Å²) in [6.45, 7) is 0.249. The molecule has 3 fully saturated rings. The summed E-state index contributed by atoms with van der Waals surface area (Å²) in [5, 5.41) is 7.90. The highest BCUT2D eigenvalue weighted by molar-refractivity contribution is 6.07. The van der Waals surface area contributed by atoms with E-state index in [-0.39, 0.29) is 36.1 Å². The van der Waals surface area contributed by atoms with E-state index in [1.807, 2.05) is 0 Å². The molecule has 2 atom stereocenters. The molecule has 9 heteroatoms. The van der Waals surface area contributed by atoms with Crippen molar-refractivity contribution in [1.82, 2.24) is 16.0 Å². The summed E-state index contributed by atoms with van der Waals surface area (Å²) in [6.07, 6.45) is -0.129. The van der Waals surface area contributed by atoms with E-state index in [9.17, 15) is 27.6 Å². The fourth-order valence-corrected chi connectivity index (χ4v) is 4.32. The van der Waals surface area contributed by atoms with Crippen LogP contribution in [0.2, 0.25) is 0 Å². The summed E-state index contributed by atoms with van der Waals surface area (Å²) < 4.78 is 38.2. The molecular weight excluding hydrogens is 399 g/mol. The zero-order valence-electron chi connectivity index (χ0n) is 16.3. The van der Waals surface area contributed by atoms with Crippen molar-refractivity contribution >= 4 is 17.8 Å². The largest absolute Gasteiger partial charge is 0.416 e. The van der Waals surface area contributed by atoms with Crippen molar-refractivity contribution in [1.29, 1.82) is 0 Å². The third-order valence-corrected chi connectivity index (χ3v) is 6.33. The van der Waals surface area contributed by atoms with Crippen molar-refractivity contribution in [3.05, 3.63) is 35.4 Å². The fraction of sp³-hybridized carbons (Fsp3) is 0.571. The Balaban J connectivity index is 1.35. The van der Waals surface area contributed by atoms with Crippen LogP contribution in [0.3, 0.4) is 0 Å². The Labute approximate surface area is 172 Å². The van der Waals surface area contributed by atoms with Gasteiger partial charge in [-0.05, 0) is 68.1 Å². The average Bonchev–Trinajstić information content (AvgIpc) is 3.58. The quantitative estimate of drug-likeness (QED) is 0.562. The van der Waals surface area contributed by atoms with Crippen molar-refractivity contribution in [2.24, 2.45) is 17.8 Å². The van der Waals surface area contributed by atoms with Crippen molar-refractivity contribution in [2.45, 2.75) is 50.2 Å². The van der Waals surface area contributed by atoms with E-state index in [1.165, 1.54) is 12.1 Å². The molecule has 1 saturated heterocycles. The normalized spacial score (nSPS) is 24.9. The number of hydrogen-bond acceptors (Lipinski definition) is 3. The molecule has 162 valence electrons. The Morgan fingerprint density at radius 1 is 1.13 bits per heavy atom. The lowest BCUT2D eigenvalue weighted by molar-refractivity contribution is -0.137. The predicted octanol–water partition coefficient (Wildman–Crippen LogP) is 2.77. The van der Waals surface area contributed by atoms with Gasteiger partial charge in [0.2, 0.25) is 5.91 Å². The summed E-state index contributed by atoms with van der Waals surface area (Å²) in [5.74, 6) is -0.502. The van der Waals surface area contributed by atoms with E-state index in [0.717, 1.165) is 37.8 Å². The Kier molecular flexibility index (Phi) is 5.23. The third kappa shape index (κ3) is 4.29. The average molecular weight is 423 g/mol. The number of carbonyl (C=O) groups excluding carboxylic acids is 3. The zero-order chi connectivity index (χ0) is 21.5. The van der Waals surface area contributed by atoms with Crippen molar-refractivity contribution < 1.29 is 27.6 Å². The number of carbonyl (C=O) groups is 3. The van der Waals surface area contributed by atoms with Crippen molar-refractivity contribution in [2.75, 3.05) is 6.54 Å². The minimum atomic E-state index is -4.38. The maximum atomic E-state index is 12.8. The number of rotatable bonds is 8. The van der Waals surface area contributed by atoms with Crippen LogP contribution < -0.4 is 16.0 Å². The van der Waals surface area contributed by atoms with Gasteiger partial charge in [0, 0.05) is 12.5 Å². The molecule has 30 heavy (non-hydrogen) atoms. The molecule has 1 aliphatic heterocycles. The SMILES string of the molecule is O=C1NC(=O)C(CCNC(=O)C(Cc2ccc(C(F)(F)F)cc2)C2CC2)(C2CC2)N1. The zero-order valence-corrected chi connectivity index (χ0v) is 16.3. The lowest BCUT2D eigenvalue weighted by atomic mass is 9.89. The first-order valence-corrected chi connectivity index (χ1v) is 10.3. The molecule has 4 rings (SSSR count). The molecule has 4 amide bonds. The van der Waals surface area contributed by atoms with Crippen LogP contribution in [0.25, 0.3) is 0 Å². The van der Waals surface area contributed by atoms with Crippen LogP contribution in [-0.2, 0) is 22.2 Å². The van der Waals surface area contributed by atoms with E-state index in [4.69, 9.17) is 0 Å². The maximum Gasteiger partial charge on any atom is 0.416 e. The Bertz CT molecular complexity index is 847. The molecular formula is C21H24F3N3O3. The number of imide groups is 1. The number of alkyl halides is 3. The smallest absolute Gasteiger partial charge is 0.356 e.